The molecule has 1 aliphatic carbocycles. The number of hydrogen-bond donors (Lipinski definition) is 1. The van der Waals surface area contributed by atoms with Crippen LogP contribution in [-0.4, -0.2) is 54.8 Å². The number of hydrogen-bond acceptors (Lipinski definition) is 4. The Morgan fingerprint density at radius 3 is 2.70 bits per heavy atom. The molecule has 1 aliphatic heterocycles. The van der Waals surface area contributed by atoms with E-state index in [0.717, 1.165) is 25.7 Å². The van der Waals surface area contributed by atoms with E-state index in [0.29, 0.717) is 13.0 Å². The lowest BCUT2D eigenvalue weighted by Crippen LogP contribution is -2.47. The van der Waals surface area contributed by atoms with Gasteiger partial charge in [0, 0.05) is 12.6 Å². The van der Waals surface area contributed by atoms with Gasteiger partial charge in [0.25, 0.3) is 0 Å². The molecule has 2 aliphatic rings. The van der Waals surface area contributed by atoms with E-state index >= 15 is 0 Å². The van der Waals surface area contributed by atoms with Crippen molar-refractivity contribution in [2.24, 2.45) is 5.92 Å². The SMILES string of the molecule is CCOCCS(=O)(=O)N1C(C(=O)O)CC2CCCCC21. The van der Waals surface area contributed by atoms with E-state index in [1.165, 1.54) is 4.31 Å². The first kappa shape index (κ1) is 15.7. The first-order valence-corrected chi connectivity index (χ1v) is 8.90. The summed E-state index contributed by atoms with van der Waals surface area (Å²) in [5.41, 5.74) is 0. The maximum Gasteiger partial charge on any atom is 0.322 e. The molecule has 116 valence electrons. The van der Waals surface area contributed by atoms with Crippen molar-refractivity contribution in [3.8, 4) is 0 Å². The summed E-state index contributed by atoms with van der Waals surface area (Å²) in [6.45, 7) is 2.39. The summed E-state index contributed by atoms with van der Waals surface area (Å²) in [6, 6.07) is -1.02. The molecule has 0 bridgehead atoms. The van der Waals surface area contributed by atoms with Gasteiger partial charge >= 0.3 is 5.97 Å². The fraction of sp³-hybridized carbons (Fsp3) is 0.923. The van der Waals surface area contributed by atoms with Gasteiger partial charge in [-0.25, -0.2) is 8.42 Å². The monoisotopic (exact) mass is 305 g/mol. The van der Waals surface area contributed by atoms with Crippen LogP contribution in [-0.2, 0) is 19.6 Å². The fourth-order valence-corrected chi connectivity index (χ4v) is 5.24. The topological polar surface area (TPSA) is 83.9 Å². The van der Waals surface area contributed by atoms with Gasteiger partial charge in [-0.3, -0.25) is 4.79 Å². The van der Waals surface area contributed by atoms with E-state index in [9.17, 15) is 18.3 Å². The lowest BCUT2D eigenvalue weighted by atomic mass is 9.85. The van der Waals surface area contributed by atoms with E-state index in [1.807, 2.05) is 0 Å². The molecule has 0 aromatic rings. The number of carboxylic acids is 1. The number of carboxylic acid groups (broad SMARTS) is 1. The van der Waals surface area contributed by atoms with Gasteiger partial charge in [0.05, 0.1) is 12.4 Å². The third kappa shape index (κ3) is 3.15. The van der Waals surface area contributed by atoms with E-state index < -0.39 is 22.0 Å². The highest BCUT2D eigenvalue weighted by Gasteiger charge is 2.50. The molecule has 2 rings (SSSR count). The van der Waals surface area contributed by atoms with Crippen LogP contribution < -0.4 is 0 Å². The highest BCUT2D eigenvalue weighted by Crippen LogP contribution is 2.41. The number of rotatable bonds is 6. The van der Waals surface area contributed by atoms with Gasteiger partial charge in [-0.1, -0.05) is 12.8 Å². The zero-order valence-corrected chi connectivity index (χ0v) is 12.6. The normalized spacial score (nSPS) is 31.1. The molecule has 1 heterocycles. The third-order valence-electron chi connectivity index (χ3n) is 4.33. The van der Waals surface area contributed by atoms with Crippen molar-refractivity contribution in [2.75, 3.05) is 19.0 Å². The van der Waals surface area contributed by atoms with Crippen LogP contribution in [0.2, 0.25) is 0 Å². The summed E-state index contributed by atoms with van der Waals surface area (Å²) in [7, 11) is -3.57. The molecule has 3 atom stereocenters. The summed E-state index contributed by atoms with van der Waals surface area (Å²) in [4.78, 5) is 11.4. The highest BCUT2D eigenvalue weighted by atomic mass is 32.2. The maximum absolute atomic E-state index is 12.5. The molecular formula is C13H23NO5S. The molecule has 0 aromatic heterocycles. The second-order valence-electron chi connectivity index (χ2n) is 5.54. The van der Waals surface area contributed by atoms with Gasteiger partial charge in [-0.15, -0.1) is 0 Å². The van der Waals surface area contributed by atoms with Crippen molar-refractivity contribution >= 4 is 16.0 Å². The second-order valence-corrected chi connectivity index (χ2v) is 7.54. The lowest BCUT2D eigenvalue weighted by molar-refractivity contribution is -0.141. The van der Waals surface area contributed by atoms with Crippen molar-refractivity contribution in [3.05, 3.63) is 0 Å². The Morgan fingerprint density at radius 1 is 1.35 bits per heavy atom. The first-order valence-electron chi connectivity index (χ1n) is 7.29. The average molecular weight is 305 g/mol. The maximum atomic E-state index is 12.5. The molecule has 1 saturated carbocycles. The molecule has 3 unspecified atom stereocenters. The van der Waals surface area contributed by atoms with Gasteiger partial charge in [0.1, 0.15) is 6.04 Å². The van der Waals surface area contributed by atoms with Gasteiger partial charge in [-0.05, 0) is 32.1 Å². The molecule has 6 nitrogen and oxygen atoms in total. The zero-order valence-electron chi connectivity index (χ0n) is 11.8. The fourth-order valence-electron chi connectivity index (χ4n) is 3.44. The zero-order chi connectivity index (χ0) is 14.8. The number of ether oxygens (including phenoxy) is 1. The Hall–Kier alpha value is -0.660. The van der Waals surface area contributed by atoms with Crippen LogP contribution in [0.4, 0.5) is 0 Å². The van der Waals surface area contributed by atoms with Crippen molar-refractivity contribution in [3.63, 3.8) is 0 Å². The predicted octanol–water partition coefficient (Wildman–Crippen LogP) is 1.07. The molecule has 0 spiro atoms. The van der Waals surface area contributed by atoms with Gasteiger partial charge in [0.15, 0.2) is 0 Å². The van der Waals surface area contributed by atoms with Crippen molar-refractivity contribution < 1.29 is 23.1 Å². The van der Waals surface area contributed by atoms with Crippen LogP contribution in [0, 0.1) is 5.92 Å². The Kier molecular flexibility index (Phi) is 5.04. The van der Waals surface area contributed by atoms with Crippen LogP contribution in [0.5, 0.6) is 0 Å². The molecule has 7 heteroatoms. The molecule has 1 N–H and O–H groups in total. The minimum atomic E-state index is -3.57. The smallest absolute Gasteiger partial charge is 0.322 e. The van der Waals surface area contributed by atoms with Crippen molar-refractivity contribution in [2.45, 2.75) is 51.1 Å². The third-order valence-corrected chi connectivity index (χ3v) is 6.18. The molecule has 0 aromatic carbocycles. The summed E-state index contributed by atoms with van der Waals surface area (Å²) < 4.78 is 31.3. The van der Waals surface area contributed by atoms with E-state index in [1.54, 1.807) is 6.92 Å². The van der Waals surface area contributed by atoms with Crippen molar-refractivity contribution in [1.29, 1.82) is 0 Å². The molecule has 1 saturated heterocycles. The van der Waals surface area contributed by atoms with Crippen LogP contribution in [0.15, 0.2) is 0 Å². The molecular weight excluding hydrogens is 282 g/mol. The Bertz CT molecular complexity index is 450. The van der Waals surface area contributed by atoms with Gasteiger partial charge < -0.3 is 9.84 Å². The summed E-state index contributed by atoms with van der Waals surface area (Å²) in [5, 5.41) is 9.33. The standard InChI is InChI=1S/C13H23NO5S/c1-2-19-7-8-20(17,18)14-11-6-4-3-5-10(11)9-12(14)13(15)16/h10-12H,2-9H2,1H3,(H,15,16). The van der Waals surface area contributed by atoms with E-state index in [4.69, 9.17) is 4.74 Å². The predicted molar refractivity (Wildman–Crippen MR) is 73.9 cm³/mol. The second kappa shape index (κ2) is 6.41. The minimum Gasteiger partial charge on any atom is -0.480 e. The minimum absolute atomic E-state index is 0.124. The quantitative estimate of drug-likeness (QED) is 0.742. The van der Waals surface area contributed by atoms with Crippen LogP contribution in [0.25, 0.3) is 0 Å². The molecule has 0 radical (unpaired) electrons. The molecule has 20 heavy (non-hydrogen) atoms. The van der Waals surface area contributed by atoms with E-state index in [-0.39, 0.29) is 24.3 Å². The largest absolute Gasteiger partial charge is 0.480 e. The van der Waals surface area contributed by atoms with Gasteiger partial charge in [-0.2, -0.15) is 4.31 Å². The first-order chi connectivity index (χ1) is 9.47. The number of carbonyl (C=O) groups is 1. The Balaban J connectivity index is 2.18. The van der Waals surface area contributed by atoms with Crippen LogP contribution >= 0.6 is 0 Å². The number of sulfonamides is 1. The number of fused-ring (bicyclic) bond motifs is 1. The Labute approximate surface area is 120 Å². The summed E-state index contributed by atoms with van der Waals surface area (Å²) >= 11 is 0. The molecule has 2 fully saturated rings. The number of aliphatic carboxylic acids is 1. The van der Waals surface area contributed by atoms with Crippen molar-refractivity contribution in [1.82, 2.24) is 4.31 Å². The highest BCUT2D eigenvalue weighted by molar-refractivity contribution is 7.89. The van der Waals surface area contributed by atoms with Crippen LogP contribution in [0.3, 0.4) is 0 Å². The van der Waals surface area contributed by atoms with E-state index in [2.05, 4.69) is 0 Å². The average Bonchev–Trinajstić information content (AvgIpc) is 2.79. The lowest BCUT2D eigenvalue weighted by Gasteiger charge is -2.32. The van der Waals surface area contributed by atoms with Gasteiger partial charge in [0.2, 0.25) is 10.0 Å². The molecule has 0 amide bonds. The number of nitrogens with zero attached hydrogens (tertiary/aromatic N) is 1. The summed E-state index contributed by atoms with van der Waals surface area (Å²) in [6.07, 6.45) is 4.22. The van der Waals surface area contributed by atoms with Crippen LogP contribution in [0.1, 0.15) is 39.0 Å². The summed E-state index contributed by atoms with van der Waals surface area (Å²) in [5.74, 6) is -0.959. The Morgan fingerprint density at radius 2 is 2.05 bits per heavy atom.